The summed E-state index contributed by atoms with van der Waals surface area (Å²) in [6.45, 7) is 6.39. The number of ketones is 1. The number of aromatic nitrogens is 3. The fraction of sp³-hybridized carbons (Fsp3) is 0.442. The number of nitrogens with one attached hydrogen (secondary N) is 2. The van der Waals surface area contributed by atoms with Gasteiger partial charge in [0.15, 0.2) is 5.82 Å². The number of anilines is 1. The van der Waals surface area contributed by atoms with E-state index in [0.717, 1.165) is 84.6 Å². The molecule has 3 aliphatic rings. The summed E-state index contributed by atoms with van der Waals surface area (Å²) < 4.78 is 2.08. The van der Waals surface area contributed by atoms with Crippen LogP contribution < -0.4 is 10.6 Å². The standard InChI is InChI=1S/C43H48ClN7O5S/c1-25-26(2)57-43-38(25)39(28-17-19-29(44)20-18-28)46-34(40-49-48-27(3)51(40)43)23-30(52)13-10-8-6-4-5-7-9-11-16-36(53)45-33-15-12-14-31-32(33)24-50(42(31)56)35-21-22-37(54)47-41(35)55/h12,14-15,17-20,34-35H,4-11,13,16,21-24H2,1-3H3,(H,45,53)(H,47,54,55)/t34-,35?/m0/s1. The van der Waals surface area contributed by atoms with Gasteiger partial charge in [0.05, 0.1) is 5.71 Å². The lowest BCUT2D eigenvalue weighted by molar-refractivity contribution is -0.137. The van der Waals surface area contributed by atoms with Gasteiger partial charge in [-0.1, -0.05) is 68.3 Å². The summed E-state index contributed by atoms with van der Waals surface area (Å²) in [6.07, 6.45) is 9.37. The van der Waals surface area contributed by atoms with E-state index in [4.69, 9.17) is 16.6 Å². The number of carbonyl (C=O) groups is 5. The third kappa shape index (κ3) is 8.79. The van der Waals surface area contributed by atoms with Crippen LogP contribution in [-0.4, -0.2) is 60.8 Å². The van der Waals surface area contributed by atoms with Gasteiger partial charge in [0.1, 0.15) is 28.7 Å². The lowest BCUT2D eigenvalue weighted by Crippen LogP contribution is -2.52. The van der Waals surface area contributed by atoms with Crippen molar-refractivity contribution in [3.63, 3.8) is 0 Å². The van der Waals surface area contributed by atoms with Crippen molar-refractivity contribution in [1.29, 1.82) is 0 Å². The first-order chi connectivity index (χ1) is 27.5. The summed E-state index contributed by atoms with van der Waals surface area (Å²) in [7, 11) is 0. The van der Waals surface area contributed by atoms with E-state index in [1.54, 1.807) is 29.5 Å². The normalized spacial score (nSPS) is 17.4. The molecule has 7 rings (SSSR count). The maximum atomic E-state index is 13.4. The van der Waals surface area contributed by atoms with E-state index < -0.39 is 18.0 Å². The number of fused-ring (bicyclic) bond motifs is 4. The molecular formula is C43H48ClN7O5S. The fourth-order valence-corrected chi connectivity index (χ4v) is 9.37. The zero-order chi connectivity index (χ0) is 40.2. The van der Waals surface area contributed by atoms with Crippen molar-refractivity contribution in [2.24, 2.45) is 4.99 Å². The minimum absolute atomic E-state index is 0.104. The van der Waals surface area contributed by atoms with Gasteiger partial charge >= 0.3 is 0 Å². The first-order valence-electron chi connectivity index (χ1n) is 19.9. The quantitative estimate of drug-likeness (QED) is 0.0857. The number of halogens is 1. The maximum Gasteiger partial charge on any atom is 0.255 e. The minimum Gasteiger partial charge on any atom is -0.326 e. The highest BCUT2D eigenvalue weighted by Gasteiger charge is 2.40. The number of carbonyl (C=O) groups excluding carboxylic acids is 5. The maximum absolute atomic E-state index is 13.4. The van der Waals surface area contributed by atoms with Gasteiger partial charge in [-0.05, 0) is 69.9 Å². The lowest BCUT2D eigenvalue weighted by Gasteiger charge is -2.29. The second-order valence-corrected chi connectivity index (χ2v) is 16.9. The van der Waals surface area contributed by atoms with Crippen LogP contribution in [0.1, 0.15) is 139 Å². The summed E-state index contributed by atoms with van der Waals surface area (Å²) in [5.74, 6) is 0.485. The van der Waals surface area contributed by atoms with Gasteiger partial charge in [0.2, 0.25) is 17.7 Å². The van der Waals surface area contributed by atoms with Crippen LogP contribution in [0.5, 0.6) is 0 Å². The van der Waals surface area contributed by atoms with Gasteiger partial charge in [0, 0.05) is 70.1 Å². The number of benzene rings is 2. The van der Waals surface area contributed by atoms with E-state index in [1.165, 1.54) is 9.78 Å². The monoisotopic (exact) mass is 809 g/mol. The zero-order valence-corrected chi connectivity index (χ0v) is 34.2. The average Bonchev–Trinajstić information content (AvgIpc) is 3.80. The highest BCUT2D eigenvalue weighted by atomic mass is 35.5. The van der Waals surface area contributed by atoms with Crippen LogP contribution in [0, 0.1) is 20.8 Å². The Morgan fingerprint density at radius 3 is 2.33 bits per heavy atom. The van der Waals surface area contributed by atoms with E-state index in [-0.39, 0.29) is 42.9 Å². The molecule has 1 fully saturated rings. The van der Waals surface area contributed by atoms with E-state index in [9.17, 15) is 24.0 Å². The summed E-state index contributed by atoms with van der Waals surface area (Å²) in [5.41, 5.74) is 5.78. The van der Waals surface area contributed by atoms with E-state index in [0.29, 0.717) is 46.9 Å². The predicted molar refractivity (Wildman–Crippen MR) is 220 cm³/mol. The topological polar surface area (TPSA) is 156 Å². The first kappa shape index (κ1) is 40.2. The molecule has 2 atom stereocenters. The second-order valence-electron chi connectivity index (χ2n) is 15.3. The summed E-state index contributed by atoms with van der Waals surface area (Å²) in [5, 5.41) is 15.9. The molecule has 5 heterocycles. The Kier molecular flexibility index (Phi) is 12.4. The number of rotatable bonds is 16. The Morgan fingerprint density at radius 1 is 0.912 bits per heavy atom. The van der Waals surface area contributed by atoms with Gasteiger partial charge in [-0.2, -0.15) is 0 Å². The lowest BCUT2D eigenvalue weighted by atomic mass is 9.99. The predicted octanol–water partition coefficient (Wildman–Crippen LogP) is 8.06. The number of piperidine rings is 1. The summed E-state index contributed by atoms with van der Waals surface area (Å²) >= 11 is 7.93. The first-order valence-corrected chi connectivity index (χ1v) is 21.1. The van der Waals surface area contributed by atoms with E-state index in [1.807, 2.05) is 31.2 Å². The molecular weight excluding hydrogens is 762 g/mol. The van der Waals surface area contributed by atoms with Crippen LogP contribution in [-0.2, 0) is 25.7 Å². The van der Waals surface area contributed by atoms with Crippen LogP contribution >= 0.6 is 22.9 Å². The minimum atomic E-state index is -0.699. The number of hydrogen-bond donors (Lipinski definition) is 2. The third-order valence-electron chi connectivity index (χ3n) is 11.2. The smallest absolute Gasteiger partial charge is 0.255 e. The van der Waals surface area contributed by atoms with E-state index >= 15 is 0 Å². The molecule has 1 unspecified atom stereocenters. The molecule has 4 aromatic rings. The van der Waals surface area contributed by atoms with Gasteiger partial charge in [-0.15, -0.1) is 21.5 Å². The molecule has 0 saturated carbocycles. The Hall–Kier alpha value is -5.01. The molecule has 4 amide bonds. The van der Waals surface area contributed by atoms with Crippen molar-refractivity contribution in [2.75, 3.05) is 5.32 Å². The highest BCUT2D eigenvalue weighted by molar-refractivity contribution is 7.15. The Bertz CT molecular complexity index is 2240. The van der Waals surface area contributed by atoms with Crippen LogP contribution in [0.15, 0.2) is 47.5 Å². The molecule has 298 valence electrons. The zero-order valence-electron chi connectivity index (χ0n) is 32.7. The number of amides is 4. The number of Topliss-reactive ketones (excluding diaryl/α,β-unsaturated/α-hetero) is 1. The van der Waals surface area contributed by atoms with Crippen LogP contribution in [0.3, 0.4) is 0 Å². The summed E-state index contributed by atoms with van der Waals surface area (Å²) in [4.78, 5) is 71.2. The number of thiophene rings is 1. The number of unbranched alkanes of at least 4 members (excludes halogenated alkanes) is 7. The van der Waals surface area contributed by atoms with Gasteiger partial charge in [0.25, 0.3) is 5.91 Å². The Morgan fingerprint density at radius 2 is 1.61 bits per heavy atom. The number of imide groups is 1. The molecule has 0 radical (unpaired) electrons. The van der Waals surface area contributed by atoms with Crippen LogP contribution in [0.2, 0.25) is 5.02 Å². The van der Waals surface area contributed by atoms with Crippen LogP contribution in [0.4, 0.5) is 5.69 Å². The van der Waals surface area contributed by atoms with E-state index in [2.05, 4.69) is 39.2 Å². The van der Waals surface area contributed by atoms with Crippen LogP contribution in [0.25, 0.3) is 5.00 Å². The molecule has 2 N–H and O–H groups in total. The van der Waals surface area contributed by atoms with Crippen molar-refractivity contribution in [3.8, 4) is 5.00 Å². The molecule has 12 nitrogen and oxygen atoms in total. The van der Waals surface area contributed by atoms with Crippen molar-refractivity contribution in [3.05, 3.63) is 91.8 Å². The molecule has 14 heteroatoms. The second kappa shape index (κ2) is 17.6. The largest absolute Gasteiger partial charge is 0.326 e. The number of aryl methyl sites for hydroxylation is 2. The van der Waals surface area contributed by atoms with Gasteiger partial charge in [-0.25, -0.2) is 0 Å². The van der Waals surface area contributed by atoms with Crippen molar-refractivity contribution >= 4 is 63.7 Å². The highest BCUT2D eigenvalue weighted by Crippen LogP contribution is 2.40. The fourth-order valence-electron chi connectivity index (χ4n) is 8.03. The number of hydrogen-bond acceptors (Lipinski definition) is 9. The van der Waals surface area contributed by atoms with Gasteiger partial charge < -0.3 is 10.2 Å². The molecule has 2 aromatic carbocycles. The number of aliphatic imine (C=N–C) groups is 1. The molecule has 1 saturated heterocycles. The molecule has 2 aromatic heterocycles. The summed E-state index contributed by atoms with van der Waals surface area (Å²) in [6, 6.07) is 11.8. The molecule has 57 heavy (non-hydrogen) atoms. The molecule has 0 spiro atoms. The van der Waals surface area contributed by atoms with Crippen molar-refractivity contribution in [1.82, 2.24) is 25.0 Å². The van der Waals surface area contributed by atoms with Gasteiger partial charge in [-0.3, -0.25) is 38.8 Å². The molecule has 0 aliphatic carbocycles. The SMILES string of the molecule is Cc1sc2c(c1C)C(c1ccc(Cl)cc1)=N[C@@H](CC(=O)CCCCCCCCCCC(=O)Nc1cccc3c1CN(C1CCC(=O)NC1=O)C3=O)c1nnc(C)n1-2. The average molecular weight is 810 g/mol. The molecule has 0 bridgehead atoms. The molecule has 3 aliphatic heterocycles. The number of nitrogens with zero attached hydrogens (tertiary/aromatic N) is 5. The van der Waals surface area contributed by atoms with Crippen molar-refractivity contribution in [2.45, 2.75) is 123 Å². The van der Waals surface area contributed by atoms with Crippen molar-refractivity contribution < 1.29 is 24.0 Å². The Labute approximate surface area is 341 Å². The Balaban J connectivity index is 0.823. The third-order valence-corrected chi connectivity index (χ3v) is 12.7.